The van der Waals surface area contributed by atoms with Crippen molar-refractivity contribution >= 4 is 11.9 Å². The number of esters is 1. The van der Waals surface area contributed by atoms with Crippen LogP contribution in [0.15, 0.2) is 4.99 Å². The molecule has 1 atom stereocenters. The predicted octanol–water partition coefficient (Wildman–Crippen LogP) is -0.282. The minimum Gasteiger partial charge on any atom is -0.467 e. The van der Waals surface area contributed by atoms with Crippen molar-refractivity contribution in [2.75, 3.05) is 14.2 Å². The number of hydrogen-bond donors (Lipinski definition) is 2. The molecule has 0 heterocycles. The number of guanidine groups is 1. The lowest BCUT2D eigenvalue weighted by molar-refractivity contribution is -0.143. The molecule has 5 nitrogen and oxygen atoms in total. The number of carbonyl (C=O) groups excluding carboxylic acids is 1. The Morgan fingerprint density at radius 3 is 2.38 bits per heavy atom. The molecule has 0 amide bonds. The van der Waals surface area contributed by atoms with E-state index >= 15 is 0 Å². The Kier molecular flexibility index (Phi) is 4.87. The zero-order valence-corrected chi connectivity index (χ0v) is 8.50. The average molecular weight is 187 g/mol. The van der Waals surface area contributed by atoms with Crippen molar-refractivity contribution in [1.29, 1.82) is 0 Å². The molecule has 13 heavy (non-hydrogen) atoms. The van der Waals surface area contributed by atoms with Gasteiger partial charge in [0.15, 0.2) is 5.96 Å². The van der Waals surface area contributed by atoms with E-state index in [9.17, 15) is 4.79 Å². The lowest BCUT2D eigenvalue weighted by atomic mass is 10.1. The molecule has 0 aromatic heterocycles. The van der Waals surface area contributed by atoms with E-state index in [-0.39, 0.29) is 17.8 Å². The molecule has 0 aliphatic heterocycles. The first-order chi connectivity index (χ1) is 6.02. The highest BCUT2D eigenvalue weighted by Gasteiger charge is 2.22. The summed E-state index contributed by atoms with van der Waals surface area (Å²) in [5.74, 6) is 0.0125. The maximum absolute atomic E-state index is 11.2. The Morgan fingerprint density at radius 1 is 1.54 bits per heavy atom. The molecule has 0 radical (unpaired) electrons. The largest absolute Gasteiger partial charge is 0.467 e. The molecule has 1 unspecified atom stereocenters. The molecule has 5 heteroatoms. The van der Waals surface area contributed by atoms with E-state index in [0.29, 0.717) is 0 Å². The van der Waals surface area contributed by atoms with Crippen LogP contribution in [0.4, 0.5) is 0 Å². The summed E-state index contributed by atoms with van der Waals surface area (Å²) in [6, 6.07) is -0.436. The number of nitrogens with two attached hydrogens (primary N) is 1. The van der Waals surface area contributed by atoms with Crippen LogP contribution in [0.2, 0.25) is 0 Å². The monoisotopic (exact) mass is 187 g/mol. The summed E-state index contributed by atoms with van der Waals surface area (Å²) in [7, 11) is 2.90. The summed E-state index contributed by atoms with van der Waals surface area (Å²) >= 11 is 0. The van der Waals surface area contributed by atoms with E-state index in [1.807, 2.05) is 13.8 Å². The van der Waals surface area contributed by atoms with Crippen LogP contribution < -0.4 is 11.1 Å². The van der Waals surface area contributed by atoms with Crippen LogP contribution in [0.25, 0.3) is 0 Å². The lowest BCUT2D eigenvalue weighted by Gasteiger charge is -2.19. The Labute approximate surface area is 78.4 Å². The minimum absolute atomic E-state index is 0.104. The van der Waals surface area contributed by atoms with Crippen LogP contribution in [-0.2, 0) is 9.53 Å². The van der Waals surface area contributed by atoms with E-state index in [4.69, 9.17) is 5.73 Å². The van der Waals surface area contributed by atoms with Gasteiger partial charge in [0.2, 0.25) is 0 Å². The Morgan fingerprint density at radius 2 is 2.08 bits per heavy atom. The first-order valence-corrected chi connectivity index (χ1v) is 4.09. The highest BCUT2D eigenvalue weighted by molar-refractivity contribution is 5.85. The van der Waals surface area contributed by atoms with Gasteiger partial charge in [0.25, 0.3) is 0 Å². The van der Waals surface area contributed by atoms with Crippen LogP contribution in [-0.4, -0.2) is 32.1 Å². The molecule has 0 fully saturated rings. The predicted molar refractivity (Wildman–Crippen MR) is 51.3 cm³/mol. The zero-order chi connectivity index (χ0) is 10.4. The van der Waals surface area contributed by atoms with Gasteiger partial charge in [-0.3, -0.25) is 4.99 Å². The number of ether oxygens (including phenoxy) is 1. The second kappa shape index (κ2) is 5.40. The van der Waals surface area contributed by atoms with E-state index in [1.165, 1.54) is 7.11 Å². The topological polar surface area (TPSA) is 76.7 Å². The van der Waals surface area contributed by atoms with Gasteiger partial charge in [0.1, 0.15) is 6.04 Å². The van der Waals surface area contributed by atoms with Gasteiger partial charge in [0, 0.05) is 7.05 Å². The summed E-state index contributed by atoms with van der Waals surface area (Å²) in [4.78, 5) is 14.9. The zero-order valence-electron chi connectivity index (χ0n) is 8.50. The van der Waals surface area contributed by atoms with Gasteiger partial charge in [-0.1, -0.05) is 13.8 Å². The van der Waals surface area contributed by atoms with Crippen LogP contribution in [0.3, 0.4) is 0 Å². The molecule has 0 rings (SSSR count). The molecule has 0 aliphatic carbocycles. The van der Waals surface area contributed by atoms with Crippen molar-refractivity contribution in [2.24, 2.45) is 16.6 Å². The second-order valence-corrected chi connectivity index (χ2v) is 3.00. The summed E-state index contributed by atoms with van der Waals surface area (Å²) < 4.78 is 4.61. The van der Waals surface area contributed by atoms with Crippen LogP contribution in [0.1, 0.15) is 13.8 Å². The molecule has 0 spiro atoms. The number of carbonyl (C=O) groups is 1. The number of aliphatic imine (C=N–C) groups is 1. The van der Waals surface area contributed by atoms with Crippen molar-refractivity contribution in [1.82, 2.24) is 5.32 Å². The van der Waals surface area contributed by atoms with E-state index in [1.54, 1.807) is 7.05 Å². The van der Waals surface area contributed by atoms with Gasteiger partial charge >= 0.3 is 5.97 Å². The van der Waals surface area contributed by atoms with E-state index in [0.717, 1.165) is 0 Å². The summed E-state index contributed by atoms with van der Waals surface area (Å²) in [6.45, 7) is 3.80. The molecule has 0 saturated heterocycles. The Hall–Kier alpha value is -1.26. The molecule has 0 saturated carbocycles. The Balaban J connectivity index is 4.35. The fourth-order valence-corrected chi connectivity index (χ4v) is 0.849. The third kappa shape index (κ3) is 3.78. The van der Waals surface area contributed by atoms with Crippen molar-refractivity contribution in [3.8, 4) is 0 Å². The maximum atomic E-state index is 11.2. The van der Waals surface area contributed by atoms with E-state index in [2.05, 4.69) is 15.0 Å². The smallest absolute Gasteiger partial charge is 0.328 e. The summed E-state index contributed by atoms with van der Waals surface area (Å²) in [6.07, 6.45) is 0. The van der Waals surface area contributed by atoms with Crippen molar-refractivity contribution in [2.45, 2.75) is 19.9 Å². The van der Waals surface area contributed by atoms with Gasteiger partial charge < -0.3 is 15.8 Å². The molecule has 0 aromatic rings. The quantitative estimate of drug-likeness (QED) is 0.362. The van der Waals surface area contributed by atoms with Crippen LogP contribution >= 0.6 is 0 Å². The molecular weight excluding hydrogens is 170 g/mol. The third-order valence-corrected chi connectivity index (χ3v) is 1.67. The molecule has 0 aromatic carbocycles. The van der Waals surface area contributed by atoms with Crippen LogP contribution in [0.5, 0.6) is 0 Å². The van der Waals surface area contributed by atoms with Crippen LogP contribution in [0, 0.1) is 5.92 Å². The minimum atomic E-state index is -0.436. The van der Waals surface area contributed by atoms with Gasteiger partial charge in [0.05, 0.1) is 7.11 Å². The normalized spacial score (nSPS) is 14.1. The lowest BCUT2D eigenvalue weighted by Crippen LogP contribution is -2.48. The average Bonchev–Trinajstić information content (AvgIpc) is 2.11. The number of methoxy groups -OCH3 is 1. The highest BCUT2D eigenvalue weighted by Crippen LogP contribution is 2.02. The van der Waals surface area contributed by atoms with Gasteiger partial charge in [-0.25, -0.2) is 4.79 Å². The first-order valence-electron chi connectivity index (χ1n) is 4.09. The van der Waals surface area contributed by atoms with E-state index < -0.39 is 6.04 Å². The van der Waals surface area contributed by atoms with Gasteiger partial charge in [-0.2, -0.15) is 0 Å². The number of rotatable bonds is 3. The summed E-state index contributed by atoms with van der Waals surface area (Å²) in [5, 5.41) is 2.77. The third-order valence-electron chi connectivity index (χ3n) is 1.67. The van der Waals surface area contributed by atoms with Gasteiger partial charge in [-0.05, 0) is 5.92 Å². The fourth-order valence-electron chi connectivity index (χ4n) is 0.849. The number of nitrogens with zero attached hydrogens (tertiary/aromatic N) is 1. The molecule has 0 aliphatic rings. The maximum Gasteiger partial charge on any atom is 0.328 e. The second-order valence-electron chi connectivity index (χ2n) is 3.00. The Bertz CT molecular complexity index is 202. The van der Waals surface area contributed by atoms with Crippen molar-refractivity contribution < 1.29 is 9.53 Å². The highest BCUT2D eigenvalue weighted by atomic mass is 16.5. The van der Waals surface area contributed by atoms with Crippen molar-refractivity contribution in [3.63, 3.8) is 0 Å². The molecule has 76 valence electrons. The number of nitrogens with one attached hydrogen (secondary N) is 1. The molecular formula is C8H17N3O2. The SMILES string of the molecule is CN=C(N)NC(C(=O)OC)C(C)C. The van der Waals surface area contributed by atoms with Crippen molar-refractivity contribution in [3.05, 3.63) is 0 Å². The summed E-state index contributed by atoms with van der Waals surface area (Å²) in [5.41, 5.74) is 5.44. The molecule has 0 bridgehead atoms. The van der Waals surface area contributed by atoms with Gasteiger partial charge in [-0.15, -0.1) is 0 Å². The number of hydrogen-bond acceptors (Lipinski definition) is 3. The first kappa shape index (κ1) is 11.7. The fraction of sp³-hybridized carbons (Fsp3) is 0.750. The standard InChI is InChI=1S/C8H17N3O2/c1-5(2)6(7(12)13-4)11-8(9)10-3/h5-6H,1-4H3,(H3,9,10,11). The molecule has 3 N–H and O–H groups in total.